The highest BCUT2D eigenvalue weighted by atomic mass is 16.3. The van der Waals surface area contributed by atoms with Crippen molar-refractivity contribution in [2.24, 2.45) is 17.6 Å². The van der Waals surface area contributed by atoms with Crippen LogP contribution in [-0.4, -0.2) is 10.8 Å². The molecule has 2 unspecified atom stereocenters. The third-order valence-corrected chi connectivity index (χ3v) is 2.85. The summed E-state index contributed by atoms with van der Waals surface area (Å²) in [6.07, 6.45) is 3.34. The normalized spacial score (nSPS) is 49.2. The van der Waals surface area contributed by atoms with Crippen LogP contribution in [0.3, 0.4) is 0 Å². The van der Waals surface area contributed by atoms with Gasteiger partial charge in [0.1, 0.15) is 5.72 Å². The number of aliphatic hydroxyl groups is 1. The molecule has 2 atom stereocenters. The van der Waals surface area contributed by atoms with E-state index >= 15 is 0 Å². The van der Waals surface area contributed by atoms with Gasteiger partial charge in [0.05, 0.1) is 0 Å². The fourth-order valence-corrected chi connectivity index (χ4v) is 1.68. The van der Waals surface area contributed by atoms with Gasteiger partial charge in [-0.15, -0.1) is 0 Å². The molecule has 0 aromatic rings. The molecule has 0 saturated heterocycles. The molecule has 1 aliphatic carbocycles. The highest BCUT2D eigenvalue weighted by Crippen LogP contribution is 2.33. The van der Waals surface area contributed by atoms with E-state index in [-0.39, 0.29) is 11.8 Å². The second kappa shape index (κ2) is 2.51. The summed E-state index contributed by atoms with van der Waals surface area (Å²) in [6, 6.07) is 0. The van der Waals surface area contributed by atoms with Gasteiger partial charge in [-0.25, -0.2) is 0 Å². The zero-order chi connectivity index (χ0) is 7.78. The number of hydrogen-bond acceptors (Lipinski definition) is 2. The molecule has 1 fully saturated rings. The smallest absolute Gasteiger partial charge is 0.118 e. The van der Waals surface area contributed by atoms with Crippen molar-refractivity contribution in [3.63, 3.8) is 0 Å². The summed E-state index contributed by atoms with van der Waals surface area (Å²) in [6.45, 7) is 4.05. The topological polar surface area (TPSA) is 46.2 Å². The molecule has 60 valence electrons. The SMILES string of the molecule is CC1CCCC(C)C1(N)O. The van der Waals surface area contributed by atoms with Crippen LogP contribution in [0.25, 0.3) is 0 Å². The van der Waals surface area contributed by atoms with Crippen molar-refractivity contribution in [2.75, 3.05) is 0 Å². The van der Waals surface area contributed by atoms with Gasteiger partial charge in [0.15, 0.2) is 0 Å². The molecule has 1 saturated carbocycles. The van der Waals surface area contributed by atoms with E-state index in [9.17, 15) is 5.11 Å². The Bertz CT molecular complexity index is 110. The van der Waals surface area contributed by atoms with Gasteiger partial charge in [0, 0.05) is 0 Å². The molecule has 0 bridgehead atoms. The average molecular weight is 143 g/mol. The van der Waals surface area contributed by atoms with Crippen LogP contribution >= 0.6 is 0 Å². The predicted molar refractivity (Wildman–Crippen MR) is 41.3 cm³/mol. The number of rotatable bonds is 0. The van der Waals surface area contributed by atoms with Gasteiger partial charge in [-0.3, -0.25) is 0 Å². The van der Waals surface area contributed by atoms with Crippen molar-refractivity contribution >= 4 is 0 Å². The maximum atomic E-state index is 9.69. The molecule has 0 heterocycles. The minimum Gasteiger partial charge on any atom is -0.376 e. The maximum absolute atomic E-state index is 9.69. The first-order valence-electron chi connectivity index (χ1n) is 4.06. The quantitative estimate of drug-likeness (QED) is 0.499. The van der Waals surface area contributed by atoms with Gasteiger partial charge in [-0.05, 0) is 24.7 Å². The summed E-state index contributed by atoms with van der Waals surface area (Å²) >= 11 is 0. The number of hydrogen-bond donors (Lipinski definition) is 2. The van der Waals surface area contributed by atoms with Gasteiger partial charge in [-0.2, -0.15) is 0 Å². The Labute approximate surface area is 62.4 Å². The van der Waals surface area contributed by atoms with Crippen LogP contribution in [-0.2, 0) is 0 Å². The molecule has 3 N–H and O–H groups in total. The first-order chi connectivity index (χ1) is 4.55. The van der Waals surface area contributed by atoms with E-state index in [2.05, 4.69) is 0 Å². The Balaban J connectivity index is 2.63. The largest absolute Gasteiger partial charge is 0.376 e. The third kappa shape index (κ3) is 1.18. The van der Waals surface area contributed by atoms with Crippen molar-refractivity contribution in [1.82, 2.24) is 0 Å². The van der Waals surface area contributed by atoms with E-state index in [4.69, 9.17) is 5.73 Å². The van der Waals surface area contributed by atoms with Gasteiger partial charge in [-0.1, -0.05) is 20.3 Å². The second-order valence-corrected chi connectivity index (χ2v) is 3.62. The maximum Gasteiger partial charge on any atom is 0.118 e. The van der Waals surface area contributed by atoms with Crippen molar-refractivity contribution < 1.29 is 5.11 Å². The van der Waals surface area contributed by atoms with Crippen LogP contribution in [0, 0.1) is 11.8 Å². The molecule has 0 spiro atoms. The lowest BCUT2D eigenvalue weighted by Crippen LogP contribution is -2.53. The lowest BCUT2D eigenvalue weighted by Gasteiger charge is -2.39. The molecule has 0 aliphatic heterocycles. The minimum absolute atomic E-state index is 0.260. The minimum atomic E-state index is -0.905. The lowest BCUT2D eigenvalue weighted by atomic mass is 9.76. The molecule has 0 aromatic heterocycles. The lowest BCUT2D eigenvalue weighted by molar-refractivity contribution is -0.0771. The molecule has 10 heavy (non-hydrogen) atoms. The molecule has 1 rings (SSSR count). The summed E-state index contributed by atoms with van der Waals surface area (Å²) in [5, 5.41) is 9.69. The van der Waals surface area contributed by atoms with Crippen LogP contribution in [0.5, 0.6) is 0 Å². The summed E-state index contributed by atoms with van der Waals surface area (Å²) in [7, 11) is 0. The van der Waals surface area contributed by atoms with Crippen molar-refractivity contribution in [3.05, 3.63) is 0 Å². The van der Waals surface area contributed by atoms with Crippen LogP contribution < -0.4 is 5.73 Å². The van der Waals surface area contributed by atoms with Crippen molar-refractivity contribution in [2.45, 2.75) is 38.8 Å². The summed E-state index contributed by atoms with van der Waals surface area (Å²) in [5.41, 5.74) is 4.82. The molecule has 2 heteroatoms. The molecule has 1 aliphatic rings. The fraction of sp³-hybridized carbons (Fsp3) is 1.00. The van der Waals surface area contributed by atoms with Crippen LogP contribution in [0.4, 0.5) is 0 Å². The number of nitrogens with two attached hydrogens (primary N) is 1. The zero-order valence-corrected chi connectivity index (χ0v) is 6.80. The van der Waals surface area contributed by atoms with E-state index in [1.54, 1.807) is 0 Å². The molecule has 0 aromatic carbocycles. The van der Waals surface area contributed by atoms with Crippen LogP contribution in [0.1, 0.15) is 33.1 Å². The van der Waals surface area contributed by atoms with E-state index in [0.29, 0.717) is 0 Å². The average Bonchev–Trinajstić information content (AvgIpc) is 1.84. The molecule has 0 amide bonds. The second-order valence-electron chi connectivity index (χ2n) is 3.62. The Morgan fingerprint density at radius 3 is 2.00 bits per heavy atom. The highest BCUT2D eigenvalue weighted by Gasteiger charge is 2.37. The first-order valence-corrected chi connectivity index (χ1v) is 4.06. The highest BCUT2D eigenvalue weighted by molar-refractivity contribution is 4.86. The monoisotopic (exact) mass is 143 g/mol. The van der Waals surface area contributed by atoms with Crippen molar-refractivity contribution in [1.29, 1.82) is 0 Å². The molecule has 2 nitrogen and oxygen atoms in total. The van der Waals surface area contributed by atoms with Crippen LogP contribution in [0.15, 0.2) is 0 Å². The first kappa shape index (κ1) is 8.02. The van der Waals surface area contributed by atoms with E-state index in [0.717, 1.165) is 12.8 Å². The molecule has 0 radical (unpaired) electrons. The summed E-state index contributed by atoms with van der Waals surface area (Å²) in [5.74, 6) is 0.521. The van der Waals surface area contributed by atoms with Gasteiger partial charge < -0.3 is 10.8 Å². The van der Waals surface area contributed by atoms with Gasteiger partial charge in [0.25, 0.3) is 0 Å². The zero-order valence-electron chi connectivity index (χ0n) is 6.80. The summed E-state index contributed by atoms with van der Waals surface area (Å²) < 4.78 is 0. The van der Waals surface area contributed by atoms with Gasteiger partial charge >= 0.3 is 0 Å². The van der Waals surface area contributed by atoms with E-state index in [1.165, 1.54) is 6.42 Å². The Morgan fingerprint density at radius 1 is 1.30 bits per heavy atom. The van der Waals surface area contributed by atoms with E-state index < -0.39 is 5.72 Å². The summed E-state index contributed by atoms with van der Waals surface area (Å²) in [4.78, 5) is 0. The standard InChI is InChI=1S/C8H17NO/c1-6-4-3-5-7(2)8(6,9)10/h6-7,10H,3-5,9H2,1-2H3. The molecular formula is C8H17NO. The fourth-order valence-electron chi connectivity index (χ4n) is 1.68. The third-order valence-electron chi connectivity index (χ3n) is 2.85. The van der Waals surface area contributed by atoms with Crippen molar-refractivity contribution in [3.8, 4) is 0 Å². The Hall–Kier alpha value is -0.0800. The van der Waals surface area contributed by atoms with Crippen LogP contribution in [0.2, 0.25) is 0 Å². The van der Waals surface area contributed by atoms with Gasteiger partial charge in [0.2, 0.25) is 0 Å². The Morgan fingerprint density at radius 2 is 1.70 bits per heavy atom. The molecular weight excluding hydrogens is 126 g/mol. The van der Waals surface area contributed by atoms with E-state index in [1.807, 2.05) is 13.8 Å². The Kier molecular flexibility index (Phi) is 2.02. The predicted octanol–water partition coefficient (Wildman–Crippen LogP) is 1.09.